The highest BCUT2D eigenvalue weighted by molar-refractivity contribution is 7.85. The zero-order valence-corrected chi connectivity index (χ0v) is 24.8. The van der Waals surface area contributed by atoms with Crippen LogP contribution in [0.1, 0.15) is 155 Å². The molecule has 0 radical (unpaired) electrons. The lowest BCUT2D eigenvalue weighted by Gasteiger charge is -2.24. The van der Waals surface area contributed by atoms with E-state index in [4.69, 9.17) is 0 Å². The van der Waals surface area contributed by atoms with E-state index in [1.54, 1.807) is 0 Å². The number of hydrogen-bond acceptors (Lipinski definition) is 5. The van der Waals surface area contributed by atoms with Crippen LogP contribution >= 0.6 is 0 Å². The van der Waals surface area contributed by atoms with E-state index in [2.05, 4.69) is 19.2 Å². The van der Waals surface area contributed by atoms with Crippen molar-refractivity contribution >= 4 is 16.0 Å². The van der Waals surface area contributed by atoms with Gasteiger partial charge in [-0.15, -0.1) is 0 Å². The third-order valence-corrected chi connectivity index (χ3v) is 7.95. The lowest BCUT2D eigenvalue weighted by atomic mass is 10.0. The first-order valence-electron chi connectivity index (χ1n) is 15.3. The van der Waals surface area contributed by atoms with E-state index in [9.17, 15) is 28.0 Å². The van der Waals surface area contributed by atoms with Gasteiger partial charge in [0.05, 0.1) is 17.9 Å². The van der Waals surface area contributed by atoms with Crippen LogP contribution in [-0.2, 0) is 14.9 Å². The molecule has 0 spiro atoms. The number of nitrogens with one attached hydrogen (secondary N) is 1. The second-order valence-corrected chi connectivity index (χ2v) is 12.4. The first-order chi connectivity index (χ1) is 17.7. The molecule has 0 aromatic rings. The predicted octanol–water partition coefficient (Wildman–Crippen LogP) is 6.70. The number of rotatable bonds is 27. The van der Waals surface area contributed by atoms with E-state index in [0.717, 1.165) is 44.9 Å². The minimum atomic E-state index is -4.38. The maximum Gasteiger partial charge on any atom is 0.266 e. The summed E-state index contributed by atoms with van der Waals surface area (Å²) in [5.74, 6) is -1.45. The second-order valence-electron chi connectivity index (χ2n) is 10.9. The minimum absolute atomic E-state index is 0.302. The molecule has 0 aromatic heterocycles. The van der Waals surface area contributed by atoms with Crippen LogP contribution in [0.25, 0.3) is 0 Å². The Morgan fingerprint density at radius 1 is 0.622 bits per heavy atom. The van der Waals surface area contributed by atoms with Crippen molar-refractivity contribution in [2.45, 2.75) is 173 Å². The molecule has 0 fully saturated rings. The smallest absolute Gasteiger partial charge is 0.266 e. The number of hydrogen-bond donors (Lipinski definition) is 4. The van der Waals surface area contributed by atoms with Crippen LogP contribution in [0, 0.1) is 0 Å². The van der Waals surface area contributed by atoms with Crippen LogP contribution in [-0.4, -0.2) is 53.1 Å². The maximum atomic E-state index is 12.4. The Labute approximate surface area is 228 Å². The molecule has 0 heterocycles. The van der Waals surface area contributed by atoms with Crippen molar-refractivity contribution in [3.05, 3.63) is 0 Å². The molecule has 0 bridgehead atoms. The second kappa shape index (κ2) is 24.3. The highest BCUT2D eigenvalue weighted by Gasteiger charge is 2.28. The van der Waals surface area contributed by atoms with Gasteiger partial charge in [-0.2, -0.15) is 8.42 Å². The molecule has 222 valence electrons. The third kappa shape index (κ3) is 24.1. The van der Waals surface area contributed by atoms with Gasteiger partial charge in [0.25, 0.3) is 10.1 Å². The monoisotopic (exact) mass is 549 g/mol. The average molecular weight is 550 g/mol. The lowest BCUT2D eigenvalue weighted by molar-refractivity contribution is -0.131. The summed E-state index contributed by atoms with van der Waals surface area (Å²) >= 11 is 0. The number of aliphatic hydroxyl groups excluding tert-OH is 2. The zero-order valence-electron chi connectivity index (χ0n) is 24.0. The van der Waals surface area contributed by atoms with Gasteiger partial charge in [-0.05, 0) is 12.8 Å². The quantitative estimate of drug-likeness (QED) is 0.0667. The topological polar surface area (TPSA) is 124 Å². The molecule has 3 atom stereocenters. The number of aliphatic hydroxyl groups is 2. The Morgan fingerprint density at radius 2 is 0.973 bits per heavy atom. The zero-order chi connectivity index (χ0) is 27.8. The molecule has 8 heteroatoms. The van der Waals surface area contributed by atoms with Crippen molar-refractivity contribution in [2.24, 2.45) is 0 Å². The molecule has 7 nitrogen and oxygen atoms in total. The standard InChI is InChI=1S/C29H59NO6S/c1-3-5-7-9-11-12-13-14-15-16-17-18-20-22-24-28(32)29(33)30-26(25-37(34,35)36)27(31)23-21-19-10-8-6-4-2/h26-28,31-32H,3-25H2,1-2H3,(H,30,33)(H,34,35,36). The van der Waals surface area contributed by atoms with Crippen molar-refractivity contribution in [1.82, 2.24) is 5.32 Å². The fourth-order valence-electron chi connectivity index (χ4n) is 4.75. The molecule has 0 aliphatic carbocycles. The molecular formula is C29H59NO6S. The minimum Gasteiger partial charge on any atom is -0.391 e. The van der Waals surface area contributed by atoms with Gasteiger partial charge < -0.3 is 15.5 Å². The molecule has 3 unspecified atom stereocenters. The van der Waals surface area contributed by atoms with Gasteiger partial charge in [-0.1, -0.05) is 142 Å². The molecule has 0 saturated carbocycles. The largest absolute Gasteiger partial charge is 0.391 e. The van der Waals surface area contributed by atoms with E-state index in [1.165, 1.54) is 77.0 Å². The van der Waals surface area contributed by atoms with Crippen molar-refractivity contribution in [3.8, 4) is 0 Å². The van der Waals surface area contributed by atoms with E-state index >= 15 is 0 Å². The summed E-state index contributed by atoms with van der Waals surface area (Å²) in [7, 11) is -4.38. The van der Waals surface area contributed by atoms with Crippen molar-refractivity contribution in [1.29, 1.82) is 0 Å². The van der Waals surface area contributed by atoms with Gasteiger partial charge in [0.2, 0.25) is 5.91 Å². The summed E-state index contributed by atoms with van der Waals surface area (Å²) in [5.41, 5.74) is 0. The first-order valence-corrected chi connectivity index (χ1v) is 16.9. The van der Waals surface area contributed by atoms with Crippen molar-refractivity contribution in [2.75, 3.05) is 5.75 Å². The highest BCUT2D eigenvalue weighted by Crippen LogP contribution is 2.15. The van der Waals surface area contributed by atoms with Crippen LogP contribution in [0.2, 0.25) is 0 Å². The Morgan fingerprint density at radius 3 is 1.35 bits per heavy atom. The number of amides is 1. The molecule has 0 rings (SSSR count). The Bertz CT molecular complexity index is 628. The van der Waals surface area contributed by atoms with Crippen molar-refractivity contribution < 1.29 is 28.0 Å². The molecular weight excluding hydrogens is 490 g/mol. The van der Waals surface area contributed by atoms with E-state index in [1.807, 2.05) is 0 Å². The first kappa shape index (κ1) is 36.3. The van der Waals surface area contributed by atoms with E-state index in [0.29, 0.717) is 19.3 Å². The summed E-state index contributed by atoms with van der Waals surface area (Å²) in [6, 6.07) is -1.14. The summed E-state index contributed by atoms with van der Waals surface area (Å²) in [4.78, 5) is 12.4. The van der Waals surface area contributed by atoms with Crippen LogP contribution in [0.4, 0.5) is 0 Å². The number of carbonyl (C=O) groups excluding carboxylic acids is 1. The normalized spacial score (nSPS) is 14.4. The van der Waals surface area contributed by atoms with Crippen molar-refractivity contribution in [3.63, 3.8) is 0 Å². The Hall–Kier alpha value is -0.700. The average Bonchev–Trinajstić information content (AvgIpc) is 2.84. The third-order valence-electron chi connectivity index (χ3n) is 7.17. The Balaban J connectivity index is 4.04. The van der Waals surface area contributed by atoms with E-state index in [-0.39, 0.29) is 0 Å². The van der Waals surface area contributed by atoms with Crippen LogP contribution < -0.4 is 5.32 Å². The molecule has 1 amide bonds. The summed E-state index contributed by atoms with van der Waals surface area (Å²) in [5, 5.41) is 23.1. The van der Waals surface area contributed by atoms with Crippen LogP contribution in [0.15, 0.2) is 0 Å². The summed E-state index contributed by atoms with van der Waals surface area (Å²) in [6.07, 6.45) is 21.6. The fourth-order valence-corrected chi connectivity index (χ4v) is 5.51. The van der Waals surface area contributed by atoms with Gasteiger partial charge in [0.1, 0.15) is 6.10 Å². The molecule has 0 aliphatic heterocycles. The molecule has 0 aliphatic rings. The molecule has 4 N–H and O–H groups in total. The molecule has 37 heavy (non-hydrogen) atoms. The van der Waals surface area contributed by atoms with Crippen LogP contribution in [0.3, 0.4) is 0 Å². The predicted molar refractivity (Wildman–Crippen MR) is 153 cm³/mol. The number of unbranched alkanes of at least 4 members (excludes halogenated alkanes) is 18. The van der Waals surface area contributed by atoms with Gasteiger partial charge in [-0.25, -0.2) is 0 Å². The highest BCUT2D eigenvalue weighted by atomic mass is 32.2. The van der Waals surface area contributed by atoms with Crippen LogP contribution in [0.5, 0.6) is 0 Å². The molecule has 0 aromatic carbocycles. The fraction of sp³-hybridized carbons (Fsp3) is 0.966. The Kier molecular flexibility index (Phi) is 23.9. The maximum absolute atomic E-state index is 12.4. The van der Waals surface area contributed by atoms with Gasteiger partial charge in [-0.3, -0.25) is 9.35 Å². The van der Waals surface area contributed by atoms with E-state index < -0.39 is 40.0 Å². The summed E-state index contributed by atoms with van der Waals surface area (Å²) < 4.78 is 32.0. The summed E-state index contributed by atoms with van der Waals surface area (Å²) in [6.45, 7) is 4.38. The lowest BCUT2D eigenvalue weighted by Crippen LogP contribution is -2.50. The van der Waals surface area contributed by atoms with Gasteiger partial charge in [0.15, 0.2) is 0 Å². The van der Waals surface area contributed by atoms with Gasteiger partial charge >= 0.3 is 0 Å². The van der Waals surface area contributed by atoms with Gasteiger partial charge in [0, 0.05) is 0 Å². The number of carbonyl (C=O) groups is 1. The molecule has 0 saturated heterocycles. The SMILES string of the molecule is CCCCCCCCCCCCCCCCC(O)C(=O)NC(CS(=O)(=O)O)C(O)CCCCCCCC.